The van der Waals surface area contributed by atoms with Gasteiger partial charge in [0.1, 0.15) is 0 Å². The van der Waals surface area contributed by atoms with E-state index in [1.165, 1.54) is 43.2 Å². The number of para-hydroxylation sites is 1. The first-order valence-electron chi connectivity index (χ1n) is 10.6. The van der Waals surface area contributed by atoms with Crippen LogP contribution >= 0.6 is 0 Å². The summed E-state index contributed by atoms with van der Waals surface area (Å²) in [5.74, 6) is 2.69. The van der Waals surface area contributed by atoms with Crippen LogP contribution in [0, 0.1) is 11.8 Å². The summed E-state index contributed by atoms with van der Waals surface area (Å²) in [5.41, 5.74) is 3.54. The van der Waals surface area contributed by atoms with Crippen LogP contribution in [0.15, 0.2) is 18.2 Å². The Bertz CT molecular complexity index is 596. The Morgan fingerprint density at radius 1 is 1.04 bits per heavy atom. The molecule has 2 aliphatic rings. The van der Waals surface area contributed by atoms with Gasteiger partial charge in [-0.15, -0.1) is 0 Å². The van der Waals surface area contributed by atoms with Crippen LogP contribution in [0.5, 0.6) is 0 Å². The Morgan fingerprint density at radius 3 is 2.27 bits per heavy atom. The predicted octanol–water partition coefficient (Wildman–Crippen LogP) is 5.38. The predicted molar refractivity (Wildman–Crippen MR) is 110 cm³/mol. The first kappa shape index (κ1) is 19.4. The quantitative estimate of drug-likeness (QED) is 0.768. The third-order valence-corrected chi connectivity index (χ3v) is 6.38. The van der Waals surface area contributed by atoms with Crippen molar-refractivity contribution >= 4 is 11.6 Å². The van der Waals surface area contributed by atoms with Crippen molar-refractivity contribution in [2.75, 3.05) is 25.0 Å². The first-order chi connectivity index (χ1) is 12.5. The number of piperidine rings is 1. The number of likely N-dealkylation sites (tertiary alicyclic amines) is 1. The van der Waals surface area contributed by atoms with Gasteiger partial charge in [0.15, 0.2) is 0 Å². The van der Waals surface area contributed by atoms with Gasteiger partial charge in [-0.3, -0.25) is 9.69 Å². The number of carbonyl (C=O) groups excluding carboxylic acids is 1. The van der Waals surface area contributed by atoms with Crippen LogP contribution in [0.1, 0.15) is 82.8 Å². The average Bonchev–Trinajstić information content (AvgIpc) is 2.61. The van der Waals surface area contributed by atoms with Crippen LogP contribution in [0.3, 0.4) is 0 Å². The number of nitrogens with one attached hydrogen (secondary N) is 1. The lowest BCUT2D eigenvalue weighted by Gasteiger charge is -2.41. The summed E-state index contributed by atoms with van der Waals surface area (Å²) in [6.07, 6.45) is 6.82. The van der Waals surface area contributed by atoms with E-state index in [-0.39, 0.29) is 5.91 Å². The summed E-state index contributed by atoms with van der Waals surface area (Å²) in [6, 6.07) is 6.42. The van der Waals surface area contributed by atoms with Crippen molar-refractivity contribution in [3.05, 3.63) is 29.3 Å². The van der Waals surface area contributed by atoms with Crippen LogP contribution in [0.2, 0.25) is 0 Å². The number of carbonyl (C=O) groups is 1. The number of fused-ring (bicyclic) bond motifs is 1. The largest absolute Gasteiger partial charge is 0.324 e. The normalized spacial score (nSPS) is 23.9. The molecule has 3 heteroatoms. The summed E-state index contributed by atoms with van der Waals surface area (Å²) in [6.45, 7) is 11.5. The number of hydrogen-bond donors (Lipinski definition) is 1. The summed E-state index contributed by atoms with van der Waals surface area (Å²) in [5, 5.41) is 3.28. The molecular formula is C23H36N2O. The summed E-state index contributed by atoms with van der Waals surface area (Å²) in [7, 11) is 0. The van der Waals surface area contributed by atoms with Gasteiger partial charge in [0, 0.05) is 12.2 Å². The SMILES string of the molecule is CC(C)c1cccc(C(C)C)c1NC(=O)CN1CC[C@H]2CCCC[C@@H]2C1. The minimum atomic E-state index is 0.147. The monoisotopic (exact) mass is 356 g/mol. The molecule has 0 bridgehead atoms. The van der Waals surface area contributed by atoms with Gasteiger partial charge in [0.25, 0.3) is 0 Å². The highest BCUT2D eigenvalue weighted by atomic mass is 16.2. The zero-order chi connectivity index (χ0) is 18.7. The van der Waals surface area contributed by atoms with E-state index in [2.05, 4.69) is 56.1 Å². The second kappa shape index (κ2) is 8.56. The fraction of sp³-hybridized carbons (Fsp3) is 0.696. The third-order valence-electron chi connectivity index (χ3n) is 6.38. The minimum Gasteiger partial charge on any atom is -0.324 e. The Labute approximate surface area is 159 Å². The van der Waals surface area contributed by atoms with E-state index in [4.69, 9.17) is 0 Å². The van der Waals surface area contributed by atoms with Crippen molar-refractivity contribution in [3.63, 3.8) is 0 Å². The highest BCUT2D eigenvalue weighted by Gasteiger charge is 2.31. The second-order valence-electron chi connectivity index (χ2n) is 9.00. The number of anilines is 1. The molecule has 144 valence electrons. The maximum Gasteiger partial charge on any atom is 0.238 e. The summed E-state index contributed by atoms with van der Waals surface area (Å²) >= 11 is 0. The number of hydrogen-bond acceptors (Lipinski definition) is 2. The lowest BCUT2D eigenvalue weighted by atomic mass is 9.75. The third kappa shape index (κ3) is 4.49. The summed E-state index contributed by atoms with van der Waals surface area (Å²) in [4.78, 5) is 15.2. The van der Waals surface area contributed by atoms with Crippen LogP contribution in [0.25, 0.3) is 0 Å². The van der Waals surface area contributed by atoms with E-state index in [0.29, 0.717) is 18.4 Å². The maximum atomic E-state index is 12.8. The highest BCUT2D eigenvalue weighted by molar-refractivity contribution is 5.94. The lowest BCUT2D eigenvalue weighted by molar-refractivity contribution is -0.118. The van der Waals surface area contributed by atoms with E-state index in [9.17, 15) is 4.79 Å². The zero-order valence-corrected chi connectivity index (χ0v) is 17.1. The average molecular weight is 357 g/mol. The molecule has 0 unspecified atom stereocenters. The standard InChI is InChI=1S/C23H36N2O/c1-16(2)20-10-7-11-21(17(3)4)23(20)24-22(26)15-25-13-12-18-8-5-6-9-19(18)14-25/h7,10-11,16-19H,5-6,8-9,12-15H2,1-4H3,(H,24,26)/t18-,19-/m1/s1. The lowest BCUT2D eigenvalue weighted by Crippen LogP contribution is -2.45. The molecule has 1 amide bonds. The van der Waals surface area contributed by atoms with Gasteiger partial charge < -0.3 is 5.32 Å². The van der Waals surface area contributed by atoms with Crippen LogP contribution in [-0.4, -0.2) is 30.4 Å². The van der Waals surface area contributed by atoms with Crippen LogP contribution < -0.4 is 5.32 Å². The second-order valence-corrected chi connectivity index (χ2v) is 9.00. The van der Waals surface area contributed by atoms with Crippen molar-refractivity contribution in [3.8, 4) is 0 Å². The molecule has 2 fully saturated rings. The molecule has 3 rings (SSSR count). The first-order valence-corrected chi connectivity index (χ1v) is 10.6. The molecular weight excluding hydrogens is 320 g/mol. The number of rotatable bonds is 5. The van der Waals surface area contributed by atoms with E-state index in [0.717, 1.165) is 30.6 Å². The van der Waals surface area contributed by atoms with E-state index >= 15 is 0 Å². The molecule has 1 aromatic carbocycles. The van der Waals surface area contributed by atoms with Gasteiger partial charge in [-0.05, 0) is 54.2 Å². The van der Waals surface area contributed by atoms with Gasteiger partial charge >= 0.3 is 0 Å². The molecule has 1 saturated carbocycles. The van der Waals surface area contributed by atoms with Gasteiger partial charge in [-0.25, -0.2) is 0 Å². The Morgan fingerprint density at radius 2 is 1.65 bits per heavy atom. The highest BCUT2D eigenvalue weighted by Crippen LogP contribution is 2.36. The smallest absolute Gasteiger partial charge is 0.238 e. The zero-order valence-electron chi connectivity index (χ0n) is 17.1. The molecule has 0 spiro atoms. The molecule has 1 aromatic rings. The minimum absolute atomic E-state index is 0.147. The Balaban J connectivity index is 1.66. The fourth-order valence-corrected chi connectivity index (χ4v) is 4.90. The van der Waals surface area contributed by atoms with Crippen molar-refractivity contribution in [2.24, 2.45) is 11.8 Å². The van der Waals surface area contributed by atoms with Gasteiger partial charge in [-0.2, -0.15) is 0 Å². The molecule has 2 atom stereocenters. The number of nitrogens with zero attached hydrogens (tertiary/aromatic N) is 1. The van der Waals surface area contributed by atoms with E-state index in [1.807, 2.05) is 0 Å². The van der Waals surface area contributed by atoms with Gasteiger partial charge in [0.05, 0.1) is 6.54 Å². The fourth-order valence-electron chi connectivity index (χ4n) is 4.90. The molecule has 0 radical (unpaired) electrons. The van der Waals surface area contributed by atoms with Crippen molar-refractivity contribution < 1.29 is 4.79 Å². The van der Waals surface area contributed by atoms with Crippen LogP contribution in [-0.2, 0) is 4.79 Å². The van der Waals surface area contributed by atoms with Crippen molar-refractivity contribution in [1.29, 1.82) is 0 Å². The Kier molecular flexibility index (Phi) is 6.39. The maximum absolute atomic E-state index is 12.8. The van der Waals surface area contributed by atoms with E-state index in [1.54, 1.807) is 0 Å². The number of amides is 1. The number of benzene rings is 1. The molecule has 1 aliphatic carbocycles. The molecule has 1 N–H and O–H groups in total. The van der Waals surface area contributed by atoms with Crippen molar-refractivity contribution in [1.82, 2.24) is 4.90 Å². The van der Waals surface area contributed by atoms with E-state index < -0.39 is 0 Å². The molecule has 1 heterocycles. The van der Waals surface area contributed by atoms with Crippen LogP contribution in [0.4, 0.5) is 5.69 Å². The summed E-state index contributed by atoms with van der Waals surface area (Å²) < 4.78 is 0. The van der Waals surface area contributed by atoms with Gasteiger partial charge in [-0.1, -0.05) is 65.2 Å². The Hall–Kier alpha value is -1.35. The van der Waals surface area contributed by atoms with Gasteiger partial charge in [0.2, 0.25) is 5.91 Å². The molecule has 1 aliphatic heterocycles. The molecule has 26 heavy (non-hydrogen) atoms. The van der Waals surface area contributed by atoms with Crippen molar-refractivity contribution in [2.45, 2.75) is 71.6 Å². The molecule has 1 saturated heterocycles. The molecule has 3 nitrogen and oxygen atoms in total. The topological polar surface area (TPSA) is 32.3 Å². The molecule has 0 aromatic heterocycles.